The molecule has 1 amide bonds. The molecule has 1 aliphatic carbocycles. The summed E-state index contributed by atoms with van der Waals surface area (Å²) in [7, 11) is -3.59. The van der Waals surface area contributed by atoms with Crippen LogP contribution >= 0.6 is 0 Å². The highest BCUT2D eigenvalue weighted by Crippen LogP contribution is 2.29. The zero-order valence-corrected chi connectivity index (χ0v) is 17.0. The Morgan fingerprint density at radius 1 is 1.15 bits per heavy atom. The maximum absolute atomic E-state index is 13.3. The van der Waals surface area contributed by atoms with Gasteiger partial charge in [0, 0.05) is 45.2 Å². The molecule has 1 saturated heterocycles. The van der Waals surface area contributed by atoms with Crippen LogP contribution in [-0.2, 0) is 21.2 Å². The fraction of sp³-hybridized carbons (Fsp3) is 0.650. The van der Waals surface area contributed by atoms with Gasteiger partial charge in [0.05, 0.1) is 4.90 Å². The fourth-order valence-corrected chi connectivity index (χ4v) is 5.69. The SMILES string of the molecule is CCc1ccc(S(=O)(=O)N(CCC(=O)N2CCNCC2)C2CCCC2)cc1. The summed E-state index contributed by atoms with van der Waals surface area (Å²) in [6, 6.07) is 7.18. The third-order valence-electron chi connectivity index (χ3n) is 5.69. The van der Waals surface area contributed by atoms with Crippen molar-refractivity contribution in [3.8, 4) is 0 Å². The fourth-order valence-electron chi connectivity index (χ4n) is 4.00. The van der Waals surface area contributed by atoms with Crippen LogP contribution in [-0.4, -0.2) is 62.3 Å². The standard InChI is InChI=1S/C20H31N3O3S/c1-2-17-7-9-19(10-8-17)27(25,26)23(18-5-3-4-6-18)14-11-20(24)22-15-12-21-13-16-22/h7-10,18,21H,2-6,11-16H2,1H3. The molecule has 0 unspecified atom stereocenters. The van der Waals surface area contributed by atoms with Gasteiger partial charge < -0.3 is 10.2 Å². The molecule has 1 heterocycles. The number of hydrogen-bond acceptors (Lipinski definition) is 4. The second kappa shape index (κ2) is 9.17. The lowest BCUT2D eigenvalue weighted by Crippen LogP contribution is -2.48. The van der Waals surface area contributed by atoms with Crippen molar-refractivity contribution in [3.63, 3.8) is 0 Å². The van der Waals surface area contributed by atoms with Gasteiger partial charge in [-0.1, -0.05) is 31.9 Å². The van der Waals surface area contributed by atoms with Gasteiger partial charge >= 0.3 is 0 Å². The first kappa shape index (κ1) is 20.3. The number of hydrogen-bond donors (Lipinski definition) is 1. The number of piperazine rings is 1. The number of amides is 1. The van der Waals surface area contributed by atoms with E-state index in [0.717, 1.165) is 50.8 Å². The lowest BCUT2D eigenvalue weighted by Gasteiger charge is -2.31. The first-order valence-corrected chi connectivity index (χ1v) is 11.6. The van der Waals surface area contributed by atoms with E-state index in [2.05, 4.69) is 12.2 Å². The number of rotatable bonds is 7. The van der Waals surface area contributed by atoms with E-state index in [0.29, 0.717) is 18.0 Å². The summed E-state index contributed by atoms with van der Waals surface area (Å²) in [6.45, 7) is 5.34. The van der Waals surface area contributed by atoms with Crippen LogP contribution in [0.4, 0.5) is 0 Å². The van der Waals surface area contributed by atoms with Crippen molar-refractivity contribution in [2.24, 2.45) is 0 Å². The number of nitrogens with one attached hydrogen (secondary N) is 1. The van der Waals surface area contributed by atoms with Crippen LogP contribution in [0.5, 0.6) is 0 Å². The topological polar surface area (TPSA) is 69.7 Å². The average molecular weight is 394 g/mol. The van der Waals surface area contributed by atoms with Gasteiger partial charge in [-0.25, -0.2) is 8.42 Å². The van der Waals surface area contributed by atoms with Crippen molar-refractivity contribution < 1.29 is 13.2 Å². The first-order valence-electron chi connectivity index (χ1n) is 10.1. The summed E-state index contributed by atoms with van der Waals surface area (Å²) in [5, 5.41) is 3.23. The smallest absolute Gasteiger partial charge is 0.243 e. The highest BCUT2D eigenvalue weighted by molar-refractivity contribution is 7.89. The minimum Gasteiger partial charge on any atom is -0.340 e. The van der Waals surface area contributed by atoms with E-state index in [4.69, 9.17) is 0 Å². The molecule has 0 aromatic heterocycles. The van der Waals surface area contributed by atoms with Crippen LogP contribution in [0.25, 0.3) is 0 Å². The third-order valence-corrected chi connectivity index (χ3v) is 7.65. The van der Waals surface area contributed by atoms with Crippen molar-refractivity contribution in [2.45, 2.75) is 56.4 Å². The van der Waals surface area contributed by atoms with Crippen molar-refractivity contribution >= 4 is 15.9 Å². The molecule has 27 heavy (non-hydrogen) atoms. The van der Waals surface area contributed by atoms with Crippen LogP contribution in [0.3, 0.4) is 0 Å². The zero-order valence-electron chi connectivity index (χ0n) is 16.2. The Morgan fingerprint density at radius 3 is 2.37 bits per heavy atom. The molecule has 2 aliphatic rings. The molecule has 1 aromatic carbocycles. The molecular formula is C20H31N3O3S. The molecule has 150 valence electrons. The summed E-state index contributed by atoms with van der Waals surface area (Å²) in [5.74, 6) is 0.0519. The summed E-state index contributed by atoms with van der Waals surface area (Å²) in [5.41, 5.74) is 1.12. The number of carbonyl (C=O) groups is 1. The molecule has 0 spiro atoms. The Hall–Kier alpha value is -1.44. The Bertz CT molecular complexity index is 721. The van der Waals surface area contributed by atoms with Crippen LogP contribution in [0, 0.1) is 0 Å². The maximum atomic E-state index is 13.3. The van der Waals surface area contributed by atoms with Crippen LogP contribution < -0.4 is 5.32 Å². The predicted molar refractivity (Wildman–Crippen MR) is 106 cm³/mol. The minimum absolute atomic E-state index is 0.0108. The van der Waals surface area contributed by atoms with Crippen molar-refractivity contribution in [1.82, 2.24) is 14.5 Å². The molecule has 6 nitrogen and oxygen atoms in total. The van der Waals surface area contributed by atoms with E-state index in [1.165, 1.54) is 0 Å². The van der Waals surface area contributed by atoms with E-state index in [1.807, 2.05) is 17.0 Å². The molecule has 2 fully saturated rings. The van der Waals surface area contributed by atoms with Crippen molar-refractivity contribution in [1.29, 1.82) is 0 Å². The quantitative estimate of drug-likeness (QED) is 0.769. The van der Waals surface area contributed by atoms with Crippen LogP contribution in [0.15, 0.2) is 29.2 Å². The lowest BCUT2D eigenvalue weighted by molar-refractivity contribution is -0.131. The van der Waals surface area contributed by atoms with E-state index in [9.17, 15) is 13.2 Å². The summed E-state index contributed by atoms with van der Waals surface area (Å²) < 4.78 is 28.2. The normalized spacial score (nSPS) is 19.0. The van der Waals surface area contributed by atoms with E-state index in [-0.39, 0.29) is 24.9 Å². The van der Waals surface area contributed by atoms with Gasteiger partial charge in [-0.05, 0) is 37.0 Å². The highest BCUT2D eigenvalue weighted by Gasteiger charge is 2.33. The Kier molecular flexibility index (Phi) is 6.89. The number of carbonyl (C=O) groups excluding carboxylic acids is 1. The van der Waals surface area contributed by atoms with Crippen LogP contribution in [0.1, 0.15) is 44.6 Å². The maximum Gasteiger partial charge on any atom is 0.243 e. The zero-order chi connectivity index (χ0) is 19.3. The third kappa shape index (κ3) is 4.89. The van der Waals surface area contributed by atoms with Gasteiger partial charge in [0.1, 0.15) is 0 Å². The van der Waals surface area contributed by atoms with Crippen molar-refractivity contribution in [3.05, 3.63) is 29.8 Å². The molecule has 0 atom stereocenters. The van der Waals surface area contributed by atoms with Gasteiger partial charge in [0.25, 0.3) is 0 Å². The summed E-state index contributed by atoms with van der Waals surface area (Å²) >= 11 is 0. The highest BCUT2D eigenvalue weighted by atomic mass is 32.2. The van der Waals surface area contributed by atoms with E-state index < -0.39 is 10.0 Å². The number of benzene rings is 1. The number of aryl methyl sites for hydroxylation is 1. The average Bonchev–Trinajstić information content (AvgIpc) is 3.23. The van der Waals surface area contributed by atoms with Crippen LogP contribution in [0.2, 0.25) is 0 Å². The molecule has 1 aromatic rings. The van der Waals surface area contributed by atoms with Gasteiger partial charge in [0.2, 0.25) is 15.9 Å². The molecule has 1 saturated carbocycles. The second-order valence-corrected chi connectivity index (χ2v) is 9.32. The largest absolute Gasteiger partial charge is 0.340 e. The molecule has 0 bridgehead atoms. The second-order valence-electron chi connectivity index (χ2n) is 7.43. The van der Waals surface area contributed by atoms with Crippen molar-refractivity contribution in [2.75, 3.05) is 32.7 Å². The Balaban J connectivity index is 1.74. The molecule has 3 rings (SSSR count). The Labute approximate surface area is 163 Å². The van der Waals surface area contributed by atoms with Gasteiger partial charge in [0.15, 0.2) is 0 Å². The van der Waals surface area contributed by atoms with Gasteiger partial charge in [-0.2, -0.15) is 4.31 Å². The predicted octanol–water partition coefficient (Wildman–Crippen LogP) is 2.00. The Morgan fingerprint density at radius 2 is 1.78 bits per heavy atom. The first-order chi connectivity index (χ1) is 13.0. The monoisotopic (exact) mass is 393 g/mol. The molecule has 1 N–H and O–H groups in total. The lowest BCUT2D eigenvalue weighted by atomic mass is 10.2. The van der Waals surface area contributed by atoms with Gasteiger partial charge in [-0.15, -0.1) is 0 Å². The molecular weight excluding hydrogens is 362 g/mol. The molecule has 0 radical (unpaired) electrons. The minimum atomic E-state index is -3.59. The molecule has 7 heteroatoms. The van der Waals surface area contributed by atoms with E-state index >= 15 is 0 Å². The number of nitrogens with zero attached hydrogens (tertiary/aromatic N) is 2. The van der Waals surface area contributed by atoms with Gasteiger partial charge in [-0.3, -0.25) is 4.79 Å². The van der Waals surface area contributed by atoms with E-state index in [1.54, 1.807) is 16.4 Å². The summed E-state index contributed by atoms with van der Waals surface area (Å²) in [6.07, 6.45) is 5.01. The number of sulfonamides is 1. The molecule has 1 aliphatic heterocycles. The summed E-state index contributed by atoms with van der Waals surface area (Å²) in [4.78, 5) is 14.7.